The second-order valence-electron chi connectivity index (χ2n) is 2.88. The van der Waals surface area contributed by atoms with Crippen molar-refractivity contribution in [3.8, 4) is 0 Å². The molecule has 0 saturated heterocycles. The fraction of sp³-hybridized carbons (Fsp3) is 0. The number of hydrogen-bond acceptors (Lipinski definition) is 2. The van der Waals surface area contributed by atoms with E-state index in [1.165, 1.54) is 18.2 Å². The van der Waals surface area contributed by atoms with E-state index < -0.39 is 11.8 Å². The van der Waals surface area contributed by atoms with Crippen LogP contribution in [0.2, 0.25) is 10.0 Å². The Morgan fingerprint density at radius 3 is 2.19 bits per heavy atom. The second-order valence-corrected chi connectivity index (χ2v) is 3.76. The fourth-order valence-electron chi connectivity index (χ4n) is 0.968. The molecule has 2 amide bonds. The van der Waals surface area contributed by atoms with E-state index in [4.69, 9.17) is 28.9 Å². The van der Waals surface area contributed by atoms with E-state index >= 15 is 0 Å². The maximum absolute atomic E-state index is 11.2. The molecular formula is C10H8Cl2N2O2. The third-order valence-electron chi connectivity index (χ3n) is 1.53. The molecule has 0 unspecified atom stereocenters. The first-order valence-corrected chi connectivity index (χ1v) is 4.97. The number of rotatable bonds is 3. The first-order chi connectivity index (χ1) is 7.47. The van der Waals surface area contributed by atoms with Crippen LogP contribution in [0, 0.1) is 0 Å². The predicted molar refractivity (Wildman–Crippen MR) is 63.4 cm³/mol. The summed E-state index contributed by atoms with van der Waals surface area (Å²) in [4.78, 5) is 21.6. The third-order valence-corrected chi connectivity index (χ3v) is 1.97. The Morgan fingerprint density at radius 1 is 1.12 bits per heavy atom. The maximum atomic E-state index is 11.2. The molecule has 0 fully saturated rings. The normalized spacial score (nSPS) is 10.4. The molecule has 1 aromatic rings. The van der Waals surface area contributed by atoms with Gasteiger partial charge >= 0.3 is 0 Å². The summed E-state index contributed by atoms with van der Waals surface area (Å²) < 4.78 is 0. The van der Waals surface area contributed by atoms with Gasteiger partial charge in [-0.3, -0.25) is 9.59 Å². The van der Waals surface area contributed by atoms with Crippen molar-refractivity contribution in [2.24, 2.45) is 5.73 Å². The molecule has 3 N–H and O–H groups in total. The molecule has 6 heteroatoms. The molecule has 0 aliphatic rings. The predicted octanol–water partition coefficient (Wildman–Crippen LogP) is 1.97. The molecule has 0 bridgehead atoms. The molecular weight excluding hydrogens is 251 g/mol. The van der Waals surface area contributed by atoms with Gasteiger partial charge < -0.3 is 11.1 Å². The van der Waals surface area contributed by atoms with E-state index in [0.29, 0.717) is 15.7 Å². The molecule has 0 saturated carbocycles. The van der Waals surface area contributed by atoms with E-state index in [-0.39, 0.29) is 0 Å². The van der Waals surface area contributed by atoms with Gasteiger partial charge in [-0.2, -0.15) is 0 Å². The van der Waals surface area contributed by atoms with Gasteiger partial charge in [0.05, 0.1) is 0 Å². The summed E-state index contributed by atoms with van der Waals surface area (Å²) in [5.41, 5.74) is 5.28. The van der Waals surface area contributed by atoms with Gasteiger partial charge in [-0.1, -0.05) is 23.2 Å². The molecule has 16 heavy (non-hydrogen) atoms. The first kappa shape index (κ1) is 12.5. The van der Waals surface area contributed by atoms with Crippen molar-refractivity contribution in [3.63, 3.8) is 0 Å². The number of amides is 2. The van der Waals surface area contributed by atoms with Gasteiger partial charge in [-0.15, -0.1) is 0 Å². The lowest BCUT2D eigenvalue weighted by atomic mass is 10.3. The second kappa shape index (κ2) is 5.53. The first-order valence-electron chi connectivity index (χ1n) is 4.22. The zero-order chi connectivity index (χ0) is 12.1. The Morgan fingerprint density at radius 2 is 1.69 bits per heavy atom. The minimum atomic E-state index is -0.695. The van der Waals surface area contributed by atoms with Crippen LogP contribution in [-0.4, -0.2) is 11.8 Å². The summed E-state index contributed by atoms with van der Waals surface area (Å²) in [5.74, 6) is -1.18. The van der Waals surface area contributed by atoms with E-state index in [9.17, 15) is 9.59 Å². The Bertz CT molecular complexity index is 438. The zero-order valence-corrected chi connectivity index (χ0v) is 9.55. The Balaban J connectivity index is 2.73. The van der Waals surface area contributed by atoms with Crippen molar-refractivity contribution in [3.05, 3.63) is 40.4 Å². The minimum absolute atomic E-state index is 0.404. The summed E-state index contributed by atoms with van der Waals surface area (Å²) in [6, 6.07) is 4.60. The van der Waals surface area contributed by atoms with Crippen molar-refractivity contribution in [2.45, 2.75) is 0 Å². The highest BCUT2D eigenvalue weighted by atomic mass is 35.5. The smallest absolute Gasteiger partial charge is 0.248 e. The average Bonchev–Trinajstić information content (AvgIpc) is 2.12. The number of nitrogens with two attached hydrogens (primary N) is 1. The van der Waals surface area contributed by atoms with Crippen LogP contribution in [-0.2, 0) is 9.59 Å². The molecule has 0 radical (unpaired) electrons. The van der Waals surface area contributed by atoms with E-state index in [1.54, 1.807) is 0 Å². The maximum Gasteiger partial charge on any atom is 0.248 e. The number of primary amides is 1. The van der Waals surface area contributed by atoms with Gasteiger partial charge in [0, 0.05) is 27.9 Å². The van der Waals surface area contributed by atoms with Crippen molar-refractivity contribution < 1.29 is 9.59 Å². The number of carbonyl (C=O) groups excluding carboxylic acids is 2. The monoisotopic (exact) mass is 258 g/mol. The van der Waals surface area contributed by atoms with Gasteiger partial charge in [0.25, 0.3) is 0 Å². The number of anilines is 1. The average molecular weight is 259 g/mol. The highest BCUT2D eigenvalue weighted by Gasteiger charge is 2.01. The number of carbonyl (C=O) groups is 2. The van der Waals surface area contributed by atoms with Crippen LogP contribution in [0.5, 0.6) is 0 Å². The zero-order valence-electron chi connectivity index (χ0n) is 8.04. The molecule has 0 aliphatic heterocycles. The lowest BCUT2D eigenvalue weighted by Crippen LogP contribution is -2.11. The highest BCUT2D eigenvalue weighted by Crippen LogP contribution is 2.22. The molecule has 84 valence electrons. The van der Waals surface area contributed by atoms with Crippen LogP contribution in [0.25, 0.3) is 0 Å². The van der Waals surface area contributed by atoms with Gasteiger partial charge in [-0.05, 0) is 18.2 Å². The lowest BCUT2D eigenvalue weighted by molar-refractivity contribution is -0.115. The number of halogens is 2. The summed E-state index contributed by atoms with van der Waals surface area (Å²) >= 11 is 11.5. The quantitative estimate of drug-likeness (QED) is 0.814. The third kappa shape index (κ3) is 4.33. The Kier molecular flexibility index (Phi) is 4.34. The van der Waals surface area contributed by atoms with E-state index in [1.807, 2.05) is 0 Å². The van der Waals surface area contributed by atoms with Crippen molar-refractivity contribution in [1.29, 1.82) is 0 Å². The number of hydrogen-bond donors (Lipinski definition) is 2. The van der Waals surface area contributed by atoms with Crippen LogP contribution >= 0.6 is 23.2 Å². The molecule has 0 atom stereocenters. The standard InChI is InChI=1S/C10H8Cl2N2O2/c11-6-3-7(12)5-8(4-6)14-10(16)2-1-9(13)15/h1-5H,(H2,13,15)(H,14,16)/b2-1-. The van der Waals surface area contributed by atoms with Crippen molar-refractivity contribution >= 4 is 40.7 Å². The minimum Gasteiger partial charge on any atom is -0.366 e. The topological polar surface area (TPSA) is 72.2 Å². The fourth-order valence-corrected chi connectivity index (χ4v) is 1.49. The van der Waals surface area contributed by atoms with E-state index in [2.05, 4.69) is 5.32 Å². The summed E-state index contributed by atoms with van der Waals surface area (Å²) in [6.07, 6.45) is 1.98. The number of benzene rings is 1. The molecule has 1 rings (SSSR count). The van der Waals surface area contributed by atoms with Crippen LogP contribution in [0.1, 0.15) is 0 Å². The summed E-state index contributed by atoms with van der Waals surface area (Å²) in [6.45, 7) is 0. The molecule has 0 spiro atoms. The highest BCUT2D eigenvalue weighted by molar-refractivity contribution is 6.35. The Hall–Kier alpha value is -1.52. The van der Waals surface area contributed by atoms with Gasteiger partial charge in [0.1, 0.15) is 0 Å². The summed E-state index contributed by atoms with van der Waals surface area (Å²) in [7, 11) is 0. The van der Waals surface area contributed by atoms with Crippen molar-refractivity contribution in [1.82, 2.24) is 0 Å². The van der Waals surface area contributed by atoms with Gasteiger partial charge in [0.15, 0.2) is 0 Å². The summed E-state index contributed by atoms with van der Waals surface area (Å²) in [5, 5.41) is 3.29. The van der Waals surface area contributed by atoms with Crippen LogP contribution < -0.4 is 11.1 Å². The van der Waals surface area contributed by atoms with Gasteiger partial charge in [-0.25, -0.2) is 0 Å². The molecule has 1 aromatic carbocycles. The van der Waals surface area contributed by atoms with E-state index in [0.717, 1.165) is 12.2 Å². The van der Waals surface area contributed by atoms with Crippen LogP contribution in [0.3, 0.4) is 0 Å². The van der Waals surface area contributed by atoms with Crippen molar-refractivity contribution in [2.75, 3.05) is 5.32 Å². The molecule has 0 heterocycles. The molecule has 0 aromatic heterocycles. The number of nitrogens with one attached hydrogen (secondary N) is 1. The van der Waals surface area contributed by atoms with Crippen LogP contribution in [0.15, 0.2) is 30.4 Å². The molecule has 4 nitrogen and oxygen atoms in total. The SMILES string of the molecule is NC(=O)/C=C\C(=O)Nc1cc(Cl)cc(Cl)c1. The van der Waals surface area contributed by atoms with Gasteiger partial charge in [0.2, 0.25) is 11.8 Å². The lowest BCUT2D eigenvalue weighted by Gasteiger charge is -2.03. The largest absolute Gasteiger partial charge is 0.366 e. The molecule has 0 aliphatic carbocycles. The van der Waals surface area contributed by atoms with Crippen LogP contribution in [0.4, 0.5) is 5.69 Å². The Labute approximate surface area is 102 Å².